The summed E-state index contributed by atoms with van der Waals surface area (Å²) < 4.78 is 44.0. The van der Waals surface area contributed by atoms with Crippen molar-refractivity contribution in [2.45, 2.75) is 11.0 Å². The normalized spacial score (nSPS) is 13.6. The smallest absolute Gasteiger partial charge is 0.339 e. The van der Waals surface area contributed by atoms with Crippen LogP contribution in [0, 0.1) is 0 Å². The maximum absolute atomic E-state index is 12.7. The van der Waals surface area contributed by atoms with Crippen LogP contribution in [0.1, 0.15) is 22.0 Å². The molecule has 0 saturated carbocycles. The van der Waals surface area contributed by atoms with Crippen LogP contribution in [0.5, 0.6) is 11.5 Å². The zero-order valence-corrected chi connectivity index (χ0v) is 18.1. The topological polar surface area (TPSA) is 134 Å². The summed E-state index contributed by atoms with van der Waals surface area (Å²) >= 11 is 0. The molecule has 3 aromatic carbocycles. The molecule has 9 nitrogen and oxygen atoms in total. The highest BCUT2D eigenvalue weighted by molar-refractivity contribution is 7.92. The number of rotatable bonds is 7. The number of benzene rings is 3. The van der Waals surface area contributed by atoms with Crippen molar-refractivity contribution in [1.29, 1.82) is 0 Å². The van der Waals surface area contributed by atoms with E-state index in [0.717, 1.165) is 0 Å². The highest BCUT2D eigenvalue weighted by Gasteiger charge is 2.24. The first-order valence-corrected chi connectivity index (χ1v) is 11.4. The van der Waals surface area contributed by atoms with Crippen LogP contribution in [0.15, 0.2) is 77.7 Å². The van der Waals surface area contributed by atoms with Crippen molar-refractivity contribution in [2.75, 3.05) is 17.9 Å². The van der Waals surface area contributed by atoms with Crippen molar-refractivity contribution in [1.82, 2.24) is 0 Å². The van der Waals surface area contributed by atoms with Crippen LogP contribution in [0.3, 0.4) is 0 Å². The van der Waals surface area contributed by atoms with Crippen molar-refractivity contribution in [3.63, 3.8) is 0 Å². The summed E-state index contributed by atoms with van der Waals surface area (Å²) in [5.41, 5.74) is 6.18. The lowest BCUT2D eigenvalue weighted by Crippen LogP contribution is -2.26. The second-order valence-electron chi connectivity index (χ2n) is 7.09. The van der Waals surface area contributed by atoms with Gasteiger partial charge in [-0.2, -0.15) is 0 Å². The third-order valence-corrected chi connectivity index (χ3v) is 6.16. The Morgan fingerprint density at radius 2 is 1.58 bits per heavy atom. The molecule has 1 atom stereocenters. The number of fused-ring (bicyclic) bond motifs is 1. The molecule has 10 heteroatoms. The van der Waals surface area contributed by atoms with E-state index >= 15 is 0 Å². The second-order valence-corrected chi connectivity index (χ2v) is 8.77. The van der Waals surface area contributed by atoms with Crippen molar-refractivity contribution >= 4 is 27.6 Å². The van der Waals surface area contributed by atoms with Gasteiger partial charge in [0.15, 0.2) is 11.5 Å². The van der Waals surface area contributed by atoms with Crippen molar-refractivity contribution < 1.29 is 32.2 Å². The second kappa shape index (κ2) is 9.21. The fourth-order valence-electron chi connectivity index (χ4n) is 3.17. The Balaban J connectivity index is 1.46. The largest absolute Gasteiger partial charge is 0.486 e. The molecule has 0 aromatic heterocycles. The molecule has 0 saturated heterocycles. The summed E-state index contributed by atoms with van der Waals surface area (Å²) in [4.78, 5) is 24.2. The van der Waals surface area contributed by atoms with Gasteiger partial charge in [0, 0.05) is 17.3 Å². The number of anilines is 1. The van der Waals surface area contributed by atoms with Gasteiger partial charge >= 0.3 is 5.97 Å². The number of nitrogens with one attached hydrogen (secondary N) is 1. The molecular formula is C23H20N2O7S. The molecule has 1 unspecified atom stereocenters. The SMILES string of the molecule is NC(=O)C(OC(=O)c1ccc(NS(=O)(=O)c2ccc3c(c2)OCCO3)cc1)c1ccccc1. The van der Waals surface area contributed by atoms with E-state index in [9.17, 15) is 18.0 Å². The lowest BCUT2D eigenvalue weighted by atomic mass is 10.1. The molecule has 0 spiro atoms. The monoisotopic (exact) mass is 468 g/mol. The number of sulfonamides is 1. The van der Waals surface area contributed by atoms with Crippen LogP contribution >= 0.6 is 0 Å². The van der Waals surface area contributed by atoms with Gasteiger partial charge in [-0.3, -0.25) is 9.52 Å². The minimum atomic E-state index is -3.91. The van der Waals surface area contributed by atoms with E-state index in [0.29, 0.717) is 30.3 Å². The number of carbonyl (C=O) groups is 2. The van der Waals surface area contributed by atoms with Gasteiger partial charge in [-0.1, -0.05) is 30.3 Å². The number of nitrogens with two attached hydrogens (primary N) is 1. The van der Waals surface area contributed by atoms with Crippen LogP contribution < -0.4 is 19.9 Å². The van der Waals surface area contributed by atoms with E-state index in [4.69, 9.17) is 19.9 Å². The first-order chi connectivity index (χ1) is 15.8. The van der Waals surface area contributed by atoms with Gasteiger partial charge in [0.05, 0.1) is 10.5 Å². The lowest BCUT2D eigenvalue weighted by molar-refractivity contribution is -0.127. The summed E-state index contributed by atoms with van der Waals surface area (Å²) in [6, 6.07) is 18.3. The van der Waals surface area contributed by atoms with Gasteiger partial charge in [0.25, 0.3) is 15.9 Å². The Morgan fingerprint density at radius 3 is 2.24 bits per heavy atom. The predicted octanol–water partition coefficient (Wildman–Crippen LogP) is 2.64. The van der Waals surface area contributed by atoms with Crippen LogP contribution in [-0.4, -0.2) is 33.5 Å². The lowest BCUT2D eigenvalue weighted by Gasteiger charge is -2.19. The maximum Gasteiger partial charge on any atom is 0.339 e. The third-order valence-electron chi connectivity index (χ3n) is 4.78. The Labute approximate surface area is 190 Å². The summed E-state index contributed by atoms with van der Waals surface area (Å²) in [6.45, 7) is 0.736. The van der Waals surface area contributed by atoms with Gasteiger partial charge in [0.1, 0.15) is 13.2 Å². The summed E-state index contributed by atoms with van der Waals surface area (Å²) in [5.74, 6) is -0.750. The molecule has 1 amide bonds. The molecule has 33 heavy (non-hydrogen) atoms. The molecule has 1 heterocycles. The molecule has 3 N–H and O–H groups in total. The number of carbonyl (C=O) groups excluding carboxylic acids is 2. The van der Waals surface area contributed by atoms with Crippen molar-refractivity contribution in [3.05, 3.63) is 83.9 Å². The summed E-state index contributed by atoms with van der Waals surface area (Å²) in [6.07, 6.45) is -1.24. The molecule has 0 aliphatic carbocycles. The van der Waals surface area contributed by atoms with Gasteiger partial charge in [-0.15, -0.1) is 0 Å². The van der Waals surface area contributed by atoms with Crippen molar-refractivity contribution in [2.24, 2.45) is 5.73 Å². The minimum absolute atomic E-state index is 0.00222. The van der Waals surface area contributed by atoms with Crippen LogP contribution in [-0.2, 0) is 19.6 Å². The first-order valence-electron chi connectivity index (χ1n) is 9.91. The van der Waals surface area contributed by atoms with Gasteiger partial charge < -0.3 is 19.9 Å². The highest BCUT2D eigenvalue weighted by atomic mass is 32.2. The Morgan fingerprint density at radius 1 is 0.909 bits per heavy atom. The van der Waals surface area contributed by atoms with E-state index in [1.165, 1.54) is 42.5 Å². The van der Waals surface area contributed by atoms with Crippen LogP contribution in [0.25, 0.3) is 0 Å². The van der Waals surface area contributed by atoms with Gasteiger partial charge in [-0.05, 0) is 36.4 Å². The zero-order valence-electron chi connectivity index (χ0n) is 17.3. The molecule has 170 valence electrons. The molecule has 1 aliphatic rings. The minimum Gasteiger partial charge on any atom is -0.486 e. The quantitative estimate of drug-likeness (QED) is 0.509. The Bertz CT molecular complexity index is 1280. The fourth-order valence-corrected chi connectivity index (χ4v) is 4.25. The number of ether oxygens (including phenoxy) is 3. The molecule has 4 rings (SSSR count). The molecule has 0 fully saturated rings. The van der Waals surface area contributed by atoms with Crippen LogP contribution in [0.2, 0.25) is 0 Å². The van der Waals surface area contributed by atoms with E-state index in [-0.39, 0.29) is 16.1 Å². The van der Waals surface area contributed by atoms with Gasteiger partial charge in [0.2, 0.25) is 6.10 Å². The summed E-state index contributed by atoms with van der Waals surface area (Å²) in [5, 5.41) is 0. The average Bonchev–Trinajstić information content (AvgIpc) is 2.82. The molecule has 1 aliphatic heterocycles. The van der Waals surface area contributed by atoms with E-state index in [1.807, 2.05) is 0 Å². The number of hydrogen-bond acceptors (Lipinski definition) is 7. The predicted molar refractivity (Wildman–Crippen MR) is 118 cm³/mol. The number of primary amides is 1. The fraction of sp³-hybridized carbons (Fsp3) is 0.130. The van der Waals surface area contributed by atoms with E-state index < -0.39 is 28.0 Å². The molecule has 0 radical (unpaired) electrons. The Hall–Kier alpha value is -4.05. The first kappa shape index (κ1) is 22.2. The summed E-state index contributed by atoms with van der Waals surface area (Å²) in [7, 11) is -3.91. The molecule has 3 aromatic rings. The third kappa shape index (κ3) is 5.07. The molecule has 0 bridgehead atoms. The number of amides is 1. The Kier molecular flexibility index (Phi) is 6.18. The van der Waals surface area contributed by atoms with Crippen molar-refractivity contribution in [3.8, 4) is 11.5 Å². The highest BCUT2D eigenvalue weighted by Crippen LogP contribution is 2.32. The number of esters is 1. The maximum atomic E-state index is 12.7. The standard InChI is InChI=1S/C23H20N2O7S/c24-22(26)21(15-4-2-1-3-5-15)32-23(27)16-6-8-17(9-7-16)25-33(28,29)18-10-11-19-20(14-18)31-13-12-30-19/h1-11,14,21,25H,12-13H2,(H2,24,26). The van der Waals surface area contributed by atoms with Crippen LogP contribution in [0.4, 0.5) is 5.69 Å². The average molecular weight is 468 g/mol. The van der Waals surface area contributed by atoms with Gasteiger partial charge in [-0.25, -0.2) is 13.2 Å². The van der Waals surface area contributed by atoms with E-state index in [1.54, 1.807) is 30.3 Å². The zero-order chi connectivity index (χ0) is 23.4. The van der Waals surface area contributed by atoms with E-state index in [2.05, 4.69) is 4.72 Å². The molecular weight excluding hydrogens is 448 g/mol. The number of hydrogen-bond donors (Lipinski definition) is 2.